The molecule has 1 heterocycles. The zero-order valence-electron chi connectivity index (χ0n) is 21.8. The lowest BCUT2D eigenvalue weighted by atomic mass is 10.2. The van der Waals surface area contributed by atoms with Gasteiger partial charge in [-0.2, -0.15) is 22.6 Å². The van der Waals surface area contributed by atoms with Gasteiger partial charge in [0.15, 0.2) is 0 Å². The lowest BCUT2D eigenvalue weighted by Crippen LogP contribution is -2.32. The number of alkyl halides is 3. The van der Waals surface area contributed by atoms with Crippen LogP contribution in [0.1, 0.15) is 22.6 Å². The second-order valence-electron chi connectivity index (χ2n) is 8.86. The van der Waals surface area contributed by atoms with Gasteiger partial charge >= 0.3 is 18.0 Å². The molecule has 43 heavy (non-hydrogen) atoms. The molecule has 0 bridgehead atoms. The number of carbonyl (C=O) groups is 2. The Morgan fingerprint density at radius 1 is 0.907 bits per heavy atom. The molecule has 0 spiro atoms. The summed E-state index contributed by atoms with van der Waals surface area (Å²) < 4.78 is 72.8. The van der Waals surface area contributed by atoms with E-state index in [1.54, 1.807) is 42.5 Å². The van der Waals surface area contributed by atoms with Crippen molar-refractivity contribution in [3.8, 4) is 0 Å². The third kappa shape index (κ3) is 8.45. The van der Waals surface area contributed by atoms with Gasteiger partial charge in [0.1, 0.15) is 11.5 Å². The van der Waals surface area contributed by atoms with Crippen LogP contribution >= 0.6 is 23.2 Å². The Morgan fingerprint density at radius 3 is 2.28 bits per heavy atom. The molecule has 0 aliphatic rings. The van der Waals surface area contributed by atoms with Crippen LogP contribution in [0.3, 0.4) is 0 Å². The molecule has 9 nitrogen and oxygen atoms in total. The van der Waals surface area contributed by atoms with E-state index >= 15 is 0 Å². The molecule has 0 unspecified atom stereocenters. The predicted molar refractivity (Wildman–Crippen MR) is 154 cm³/mol. The van der Waals surface area contributed by atoms with E-state index in [1.807, 2.05) is 10.7 Å². The number of amides is 2. The average Bonchev–Trinajstić information content (AvgIpc) is 3.41. The number of carbonyl (C=O) groups excluding carboxylic acids is 2. The van der Waals surface area contributed by atoms with Crippen molar-refractivity contribution < 1.29 is 35.6 Å². The Bertz CT molecular complexity index is 1750. The van der Waals surface area contributed by atoms with Crippen LogP contribution in [0, 0.1) is 0 Å². The van der Waals surface area contributed by atoms with Gasteiger partial charge in [-0.1, -0.05) is 53.5 Å². The zero-order chi connectivity index (χ0) is 31.2. The molecule has 15 heteroatoms. The summed E-state index contributed by atoms with van der Waals surface area (Å²) in [5.74, 6) is -2.18. The van der Waals surface area contributed by atoms with E-state index in [4.69, 9.17) is 27.6 Å². The SMILES string of the molecule is O=C(N/N=C/c1ccc(CN(Cc2ccc(Cl)cc2)S(=O)(=O)c2ccccc2)o1)C(=O)Nc1ccc(Cl)c(C(F)(F)F)c1. The van der Waals surface area contributed by atoms with Gasteiger partial charge in [-0.25, -0.2) is 13.8 Å². The molecule has 0 atom stereocenters. The molecule has 0 aliphatic carbocycles. The Morgan fingerprint density at radius 2 is 1.60 bits per heavy atom. The first kappa shape index (κ1) is 31.8. The Kier molecular flexibility index (Phi) is 9.91. The summed E-state index contributed by atoms with van der Waals surface area (Å²) >= 11 is 11.5. The van der Waals surface area contributed by atoms with Crippen LogP contribution in [0.4, 0.5) is 18.9 Å². The van der Waals surface area contributed by atoms with Crippen LogP contribution < -0.4 is 10.7 Å². The van der Waals surface area contributed by atoms with E-state index in [-0.39, 0.29) is 35.2 Å². The fourth-order valence-corrected chi connectivity index (χ4v) is 5.46. The summed E-state index contributed by atoms with van der Waals surface area (Å²) in [7, 11) is -3.94. The standard InChI is InChI=1S/C28H21Cl2F3N4O5S/c29-19-8-6-18(7-9-19)16-37(43(40,41)23-4-2-1-3-5-23)17-22-12-11-21(42-22)15-34-36-27(39)26(38)35-20-10-13-25(30)24(14-20)28(31,32)33/h1-15H,16-17H2,(H,35,38)(H,36,39)/b34-15+. The van der Waals surface area contributed by atoms with Crippen LogP contribution in [0.15, 0.2) is 99.3 Å². The van der Waals surface area contributed by atoms with Gasteiger partial charge in [0.25, 0.3) is 0 Å². The first-order valence-electron chi connectivity index (χ1n) is 12.2. The molecule has 0 saturated carbocycles. The normalized spacial score (nSPS) is 12.0. The van der Waals surface area contributed by atoms with Crippen LogP contribution in [0.2, 0.25) is 10.0 Å². The second kappa shape index (κ2) is 13.4. The number of halogens is 5. The summed E-state index contributed by atoms with van der Waals surface area (Å²) in [5, 5.41) is 5.58. The van der Waals surface area contributed by atoms with Gasteiger partial charge in [0.05, 0.1) is 28.2 Å². The summed E-state index contributed by atoms with van der Waals surface area (Å²) in [6, 6.07) is 20.2. The topological polar surface area (TPSA) is 121 Å². The highest BCUT2D eigenvalue weighted by atomic mass is 35.5. The Hall–Kier alpha value is -4.17. The average molecular weight is 653 g/mol. The van der Waals surface area contributed by atoms with Crippen LogP contribution in [0.5, 0.6) is 0 Å². The first-order chi connectivity index (χ1) is 20.3. The number of nitrogens with zero attached hydrogens (tertiary/aromatic N) is 2. The number of rotatable bonds is 9. The van der Waals surface area contributed by atoms with Crippen molar-refractivity contribution in [1.82, 2.24) is 9.73 Å². The number of sulfonamides is 1. The molecule has 4 aromatic rings. The van der Waals surface area contributed by atoms with Crippen LogP contribution in [0.25, 0.3) is 0 Å². The molecular formula is C28H21Cl2F3N4O5S. The molecule has 0 fully saturated rings. The van der Waals surface area contributed by atoms with Gasteiger partial charge in [-0.3, -0.25) is 9.59 Å². The quantitative estimate of drug-likeness (QED) is 0.129. The van der Waals surface area contributed by atoms with Crippen LogP contribution in [-0.4, -0.2) is 30.8 Å². The zero-order valence-corrected chi connectivity index (χ0v) is 24.1. The van der Waals surface area contributed by atoms with E-state index in [0.717, 1.165) is 18.3 Å². The molecule has 2 amide bonds. The molecule has 2 N–H and O–H groups in total. The minimum atomic E-state index is -4.76. The van der Waals surface area contributed by atoms with E-state index in [9.17, 15) is 31.2 Å². The van der Waals surface area contributed by atoms with Crippen molar-refractivity contribution in [2.75, 3.05) is 5.32 Å². The van der Waals surface area contributed by atoms with E-state index < -0.39 is 38.6 Å². The molecule has 0 aliphatic heterocycles. The van der Waals surface area contributed by atoms with Crippen molar-refractivity contribution in [3.05, 3.63) is 118 Å². The lowest BCUT2D eigenvalue weighted by Gasteiger charge is -2.21. The number of nitrogens with one attached hydrogen (secondary N) is 2. The van der Waals surface area contributed by atoms with Gasteiger partial charge in [0, 0.05) is 17.3 Å². The number of benzene rings is 3. The minimum Gasteiger partial charge on any atom is -0.459 e. The predicted octanol–water partition coefficient (Wildman–Crippen LogP) is 6.09. The summed E-state index contributed by atoms with van der Waals surface area (Å²) in [6.07, 6.45) is -3.70. The van der Waals surface area contributed by atoms with Crippen molar-refractivity contribution in [2.24, 2.45) is 5.10 Å². The molecule has 0 radical (unpaired) electrons. The van der Waals surface area contributed by atoms with Gasteiger partial charge in [0.2, 0.25) is 10.0 Å². The monoisotopic (exact) mass is 652 g/mol. The molecule has 1 aromatic heterocycles. The fraction of sp³-hybridized carbons (Fsp3) is 0.107. The fourth-order valence-electron chi connectivity index (χ4n) is 3.70. The van der Waals surface area contributed by atoms with Gasteiger partial charge in [-0.05, 0) is 60.2 Å². The van der Waals surface area contributed by atoms with Gasteiger partial charge < -0.3 is 9.73 Å². The lowest BCUT2D eigenvalue weighted by molar-refractivity contribution is -0.137. The van der Waals surface area contributed by atoms with Crippen molar-refractivity contribution in [1.29, 1.82) is 0 Å². The third-order valence-corrected chi connectivity index (χ3v) is 8.15. The molecule has 3 aromatic carbocycles. The van der Waals surface area contributed by atoms with Gasteiger partial charge in [-0.15, -0.1) is 0 Å². The summed E-state index contributed by atoms with van der Waals surface area (Å²) in [6.45, 7) is -0.134. The molecule has 4 rings (SSSR count). The summed E-state index contributed by atoms with van der Waals surface area (Å²) in [5.41, 5.74) is 1.14. The van der Waals surface area contributed by atoms with E-state index in [0.29, 0.717) is 16.7 Å². The van der Waals surface area contributed by atoms with Crippen molar-refractivity contribution in [2.45, 2.75) is 24.2 Å². The highest BCUT2D eigenvalue weighted by molar-refractivity contribution is 7.89. The highest BCUT2D eigenvalue weighted by Crippen LogP contribution is 2.36. The maximum Gasteiger partial charge on any atom is 0.417 e. The van der Waals surface area contributed by atoms with E-state index in [2.05, 4.69) is 5.10 Å². The largest absolute Gasteiger partial charge is 0.459 e. The minimum absolute atomic E-state index is 0.0156. The number of furan rings is 1. The van der Waals surface area contributed by atoms with Crippen molar-refractivity contribution in [3.63, 3.8) is 0 Å². The van der Waals surface area contributed by atoms with Crippen molar-refractivity contribution >= 4 is 56.9 Å². The Labute approximate surface area is 253 Å². The third-order valence-electron chi connectivity index (χ3n) is 5.76. The van der Waals surface area contributed by atoms with E-state index in [1.165, 1.54) is 28.6 Å². The smallest absolute Gasteiger partial charge is 0.417 e. The maximum absolute atomic E-state index is 13.4. The second-order valence-corrected chi connectivity index (χ2v) is 11.6. The highest BCUT2D eigenvalue weighted by Gasteiger charge is 2.33. The van der Waals surface area contributed by atoms with Crippen LogP contribution in [-0.2, 0) is 38.9 Å². The maximum atomic E-state index is 13.4. The number of anilines is 1. The molecule has 0 saturated heterocycles. The number of hydrogen-bond acceptors (Lipinski definition) is 6. The number of hydrogen-bond donors (Lipinski definition) is 2. The molecule has 224 valence electrons. The summed E-state index contributed by atoms with van der Waals surface area (Å²) in [4.78, 5) is 24.3. The number of hydrazone groups is 1. The Balaban J connectivity index is 1.42. The molecular weight excluding hydrogens is 632 g/mol. The first-order valence-corrected chi connectivity index (χ1v) is 14.4.